The number of hydrogen-bond donors (Lipinski definition) is 0. The van der Waals surface area contributed by atoms with E-state index < -0.39 is 8.07 Å². The van der Waals surface area contributed by atoms with Crippen molar-refractivity contribution >= 4 is 8.07 Å². The van der Waals surface area contributed by atoms with Gasteiger partial charge in [-0.05, 0) is 6.92 Å². The Hall–Kier alpha value is -0.123. The second-order valence-corrected chi connectivity index (χ2v) is 9.49. The normalized spacial score (nSPS) is 13.2. The second-order valence-electron chi connectivity index (χ2n) is 4.16. The summed E-state index contributed by atoms with van der Waals surface area (Å²) in [4.78, 5) is 0. The van der Waals surface area contributed by atoms with E-state index in [1.54, 1.807) is 7.11 Å². The van der Waals surface area contributed by atoms with Crippen molar-refractivity contribution in [3.05, 3.63) is 11.3 Å². The van der Waals surface area contributed by atoms with Gasteiger partial charge in [0.1, 0.15) is 0 Å². The van der Waals surface area contributed by atoms with E-state index >= 15 is 0 Å². The van der Waals surface area contributed by atoms with Crippen LogP contribution in [-0.4, -0.2) is 35.0 Å². The van der Waals surface area contributed by atoms with Crippen LogP contribution in [0.4, 0.5) is 0 Å². The molecule has 3 heteroatoms. The van der Waals surface area contributed by atoms with Gasteiger partial charge < -0.3 is 9.47 Å². The minimum absolute atomic E-state index is 0.740. The van der Waals surface area contributed by atoms with Gasteiger partial charge in [-0.3, -0.25) is 0 Å². The SMILES string of the molecule is CCOC/C=C(/COC)[Si](CC)(CC)CC. The van der Waals surface area contributed by atoms with Crippen molar-refractivity contribution < 1.29 is 9.47 Å². The average molecular weight is 244 g/mol. The lowest BCUT2D eigenvalue weighted by Gasteiger charge is -2.31. The lowest BCUT2D eigenvalue weighted by atomic mass is 10.5. The minimum Gasteiger partial charge on any atom is -0.381 e. The Morgan fingerprint density at radius 1 is 1.06 bits per heavy atom. The zero-order chi connectivity index (χ0) is 12.4. The molecule has 0 rings (SSSR count). The topological polar surface area (TPSA) is 18.5 Å². The Bertz CT molecular complexity index is 190. The molecule has 0 aliphatic heterocycles. The van der Waals surface area contributed by atoms with Crippen LogP contribution >= 0.6 is 0 Å². The van der Waals surface area contributed by atoms with Crippen molar-refractivity contribution in [2.24, 2.45) is 0 Å². The summed E-state index contributed by atoms with van der Waals surface area (Å²) in [5, 5.41) is 1.54. The summed E-state index contributed by atoms with van der Waals surface area (Å²) in [5.41, 5.74) is 0. The van der Waals surface area contributed by atoms with Crippen LogP contribution in [0.15, 0.2) is 11.3 Å². The van der Waals surface area contributed by atoms with Gasteiger partial charge in [-0.15, -0.1) is 0 Å². The molecule has 0 aliphatic rings. The van der Waals surface area contributed by atoms with E-state index in [0.29, 0.717) is 0 Å². The number of methoxy groups -OCH3 is 1. The Labute approximate surface area is 102 Å². The Morgan fingerprint density at radius 3 is 2.00 bits per heavy atom. The molecule has 0 aromatic carbocycles. The summed E-state index contributed by atoms with van der Waals surface area (Å²) in [6.45, 7) is 11.3. The first-order valence-corrected chi connectivity index (χ1v) is 9.09. The first-order chi connectivity index (χ1) is 7.70. The van der Waals surface area contributed by atoms with Gasteiger partial charge in [-0.1, -0.05) is 50.2 Å². The first kappa shape index (κ1) is 15.9. The van der Waals surface area contributed by atoms with Crippen molar-refractivity contribution in [2.45, 2.75) is 45.8 Å². The van der Waals surface area contributed by atoms with E-state index in [0.717, 1.165) is 19.8 Å². The summed E-state index contributed by atoms with van der Waals surface area (Å²) in [6, 6.07) is 3.92. The van der Waals surface area contributed by atoms with Crippen LogP contribution in [0, 0.1) is 0 Å². The maximum atomic E-state index is 5.43. The summed E-state index contributed by atoms with van der Waals surface area (Å²) >= 11 is 0. The molecular formula is C13H28O2Si. The van der Waals surface area contributed by atoms with Gasteiger partial charge in [0.25, 0.3) is 0 Å². The van der Waals surface area contributed by atoms with Crippen molar-refractivity contribution in [1.82, 2.24) is 0 Å². The smallest absolute Gasteiger partial charge is 0.0834 e. The quantitative estimate of drug-likeness (QED) is 0.455. The molecule has 0 spiro atoms. The van der Waals surface area contributed by atoms with E-state index in [2.05, 4.69) is 26.8 Å². The molecule has 0 radical (unpaired) electrons. The molecule has 0 aromatic rings. The Balaban J connectivity index is 4.76. The predicted molar refractivity (Wildman–Crippen MR) is 73.6 cm³/mol. The van der Waals surface area contributed by atoms with Crippen LogP contribution in [0.25, 0.3) is 0 Å². The molecule has 0 saturated heterocycles. The lowest BCUT2D eigenvalue weighted by Crippen LogP contribution is -2.36. The third-order valence-electron chi connectivity index (χ3n) is 3.66. The first-order valence-electron chi connectivity index (χ1n) is 6.46. The molecule has 0 N–H and O–H groups in total. The largest absolute Gasteiger partial charge is 0.381 e. The molecule has 0 amide bonds. The van der Waals surface area contributed by atoms with Gasteiger partial charge in [0.05, 0.1) is 21.3 Å². The van der Waals surface area contributed by atoms with E-state index in [9.17, 15) is 0 Å². The fraction of sp³-hybridized carbons (Fsp3) is 0.846. The van der Waals surface area contributed by atoms with Crippen LogP contribution in [0.5, 0.6) is 0 Å². The third kappa shape index (κ3) is 4.40. The van der Waals surface area contributed by atoms with Crippen molar-refractivity contribution in [3.63, 3.8) is 0 Å². The fourth-order valence-corrected chi connectivity index (χ4v) is 6.12. The monoisotopic (exact) mass is 244 g/mol. The van der Waals surface area contributed by atoms with Crippen LogP contribution in [0.3, 0.4) is 0 Å². The third-order valence-corrected chi connectivity index (χ3v) is 9.43. The van der Waals surface area contributed by atoms with Crippen molar-refractivity contribution in [1.29, 1.82) is 0 Å². The van der Waals surface area contributed by atoms with Crippen LogP contribution in [-0.2, 0) is 9.47 Å². The number of rotatable bonds is 9. The average Bonchev–Trinajstić information content (AvgIpc) is 2.32. The highest BCUT2D eigenvalue weighted by Crippen LogP contribution is 2.28. The van der Waals surface area contributed by atoms with Gasteiger partial charge in [-0.25, -0.2) is 0 Å². The highest BCUT2D eigenvalue weighted by atomic mass is 28.3. The van der Waals surface area contributed by atoms with Gasteiger partial charge >= 0.3 is 0 Å². The summed E-state index contributed by atoms with van der Waals surface area (Å²) in [5.74, 6) is 0. The molecule has 0 unspecified atom stereocenters. The maximum absolute atomic E-state index is 5.43. The van der Waals surface area contributed by atoms with Crippen LogP contribution < -0.4 is 0 Å². The minimum atomic E-state index is -1.26. The van der Waals surface area contributed by atoms with E-state index in [4.69, 9.17) is 9.47 Å². The molecular weight excluding hydrogens is 216 g/mol. The zero-order valence-electron chi connectivity index (χ0n) is 11.6. The van der Waals surface area contributed by atoms with E-state index in [-0.39, 0.29) is 0 Å². The highest BCUT2D eigenvalue weighted by molar-refractivity contribution is 6.86. The summed E-state index contributed by atoms with van der Waals surface area (Å²) < 4.78 is 10.8. The summed E-state index contributed by atoms with van der Waals surface area (Å²) in [7, 11) is 0.525. The van der Waals surface area contributed by atoms with Crippen LogP contribution in [0.2, 0.25) is 18.1 Å². The number of hydrogen-bond acceptors (Lipinski definition) is 2. The standard InChI is InChI=1S/C13H28O2Si/c1-6-15-11-10-13(12-14-5)16(7-2,8-3)9-4/h10H,6-9,11-12H2,1-5H3/b13-10-. The zero-order valence-corrected chi connectivity index (χ0v) is 12.6. The molecule has 0 saturated carbocycles. The Kier molecular flexibility index (Phi) is 8.90. The van der Waals surface area contributed by atoms with Crippen molar-refractivity contribution in [3.8, 4) is 0 Å². The molecule has 96 valence electrons. The molecule has 2 nitrogen and oxygen atoms in total. The molecule has 0 fully saturated rings. The molecule has 0 aromatic heterocycles. The van der Waals surface area contributed by atoms with Gasteiger partial charge in [-0.2, -0.15) is 0 Å². The van der Waals surface area contributed by atoms with Gasteiger partial charge in [0.15, 0.2) is 0 Å². The van der Waals surface area contributed by atoms with Crippen molar-refractivity contribution in [2.75, 3.05) is 26.9 Å². The predicted octanol–water partition coefficient (Wildman–Crippen LogP) is 3.64. The molecule has 0 atom stereocenters. The maximum Gasteiger partial charge on any atom is 0.0834 e. The lowest BCUT2D eigenvalue weighted by molar-refractivity contribution is 0.175. The fourth-order valence-electron chi connectivity index (χ4n) is 2.29. The second kappa shape index (κ2) is 8.96. The van der Waals surface area contributed by atoms with Crippen LogP contribution in [0.1, 0.15) is 27.7 Å². The van der Waals surface area contributed by atoms with Gasteiger partial charge in [0.2, 0.25) is 0 Å². The molecule has 0 bridgehead atoms. The summed E-state index contributed by atoms with van der Waals surface area (Å²) in [6.07, 6.45) is 2.27. The van der Waals surface area contributed by atoms with E-state index in [1.807, 2.05) is 6.92 Å². The van der Waals surface area contributed by atoms with E-state index in [1.165, 1.54) is 23.3 Å². The number of ether oxygens (including phenoxy) is 2. The Morgan fingerprint density at radius 2 is 1.62 bits per heavy atom. The molecule has 0 heterocycles. The van der Waals surface area contributed by atoms with Gasteiger partial charge in [0, 0.05) is 13.7 Å². The molecule has 0 aliphatic carbocycles. The highest BCUT2D eigenvalue weighted by Gasteiger charge is 2.30. The molecule has 16 heavy (non-hydrogen) atoms.